The van der Waals surface area contributed by atoms with E-state index in [-0.39, 0.29) is 10.9 Å². The highest BCUT2D eigenvalue weighted by atomic mass is 79.9. The normalized spacial score (nSPS) is 11.1. The van der Waals surface area contributed by atoms with Gasteiger partial charge in [-0.05, 0) is 26.0 Å². The predicted octanol–water partition coefficient (Wildman–Crippen LogP) is 3.10. The van der Waals surface area contributed by atoms with Crippen molar-refractivity contribution in [2.75, 3.05) is 5.32 Å². The Morgan fingerprint density at radius 1 is 1.30 bits per heavy atom. The number of carboxylic acids is 1. The second kappa shape index (κ2) is 6.17. The Bertz CT molecular complexity index is 526. The summed E-state index contributed by atoms with van der Waals surface area (Å²) in [7, 11) is 0. The minimum Gasteiger partial charge on any atom is -0.481 e. The van der Waals surface area contributed by atoms with Crippen molar-refractivity contribution in [3.8, 4) is 0 Å². The van der Waals surface area contributed by atoms with Crippen LogP contribution in [0.2, 0.25) is 0 Å². The third kappa shape index (κ3) is 4.76. The van der Waals surface area contributed by atoms with Crippen LogP contribution < -0.4 is 10.6 Å². The van der Waals surface area contributed by atoms with Gasteiger partial charge in [-0.15, -0.1) is 0 Å². The average Bonchev–Trinajstić information content (AvgIpc) is 2.20. The Hall–Kier alpha value is -1.70. The molecule has 0 heterocycles. The number of carbonyl (C=O) groups excluding carboxylic acids is 1. The lowest BCUT2D eigenvalue weighted by molar-refractivity contribution is -0.138. The van der Waals surface area contributed by atoms with Crippen molar-refractivity contribution in [3.63, 3.8) is 0 Å². The molecular formula is C12H13BrF2N2O3. The molecule has 0 saturated carbocycles. The van der Waals surface area contributed by atoms with Gasteiger partial charge >= 0.3 is 12.0 Å². The van der Waals surface area contributed by atoms with Crippen molar-refractivity contribution >= 4 is 33.6 Å². The average molecular weight is 351 g/mol. The molecule has 0 aliphatic rings. The van der Waals surface area contributed by atoms with Crippen LogP contribution in [0.25, 0.3) is 0 Å². The third-order valence-electron chi connectivity index (χ3n) is 2.29. The molecule has 0 atom stereocenters. The number of aliphatic carboxylic acids is 1. The molecule has 20 heavy (non-hydrogen) atoms. The van der Waals surface area contributed by atoms with Crippen molar-refractivity contribution in [2.45, 2.75) is 25.8 Å². The Morgan fingerprint density at radius 2 is 1.80 bits per heavy atom. The first-order valence-electron chi connectivity index (χ1n) is 5.56. The van der Waals surface area contributed by atoms with Gasteiger partial charge in [-0.1, -0.05) is 15.9 Å². The number of anilines is 1. The zero-order valence-corrected chi connectivity index (χ0v) is 12.3. The Balaban J connectivity index is 2.79. The Morgan fingerprint density at radius 3 is 2.25 bits per heavy atom. The Kier molecular flexibility index (Phi) is 5.04. The summed E-state index contributed by atoms with van der Waals surface area (Å²) in [5.74, 6) is -2.98. The lowest BCUT2D eigenvalue weighted by Gasteiger charge is -2.24. The molecule has 0 radical (unpaired) electrons. The van der Waals surface area contributed by atoms with Crippen molar-refractivity contribution in [1.29, 1.82) is 0 Å². The van der Waals surface area contributed by atoms with Crippen LogP contribution >= 0.6 is 15.9 Å². The molecule has 0 unspecified atom stereocenters. The molecule has 1 rings (SSSR count). The van der Waals surface area contributed by atoms with Gasteiger partial charge in [0.2, 0.25) is 0 Å². The predicted molar refractivity (Wildman–Crippen MR) is 72.5 cm³/mol. The number of nitrogens with one attached hydrogen (secondary N) is 2. The van der Waals surface area contributed by atoms with Gasteiger partial charge < -0.3 is 15.7 Å². The van der Waals surface area contributed by atoms with Crippen molar-refractivity contribution in [2.24, 2.45) is 0 Å². The monoisotopic (exact) mass is 350 g/mol. The molecule has 8 heteroatoms. The largest absolute Gasteiger partial charge is 0.481 e. The SMILES string of the molecule is CC(C)(CC(=O)O)NC(=O)Nc1c(F)cc(Br)cc1F. The number of amides is 2. The molecule has 1 aromatic rings. The van der Waals surface area contributed by atoms with Gasteiger partial charge in [0.25, 0.3) is 0 Å². The smallest absolute Gasteiger partial charge is 0.319 e. The summed E-state index contributed by atoms with van der Waals surface area (Å²) < 4.78 is 27.2. The number of carbonyl (C=O) groups is 2. The zero-order valence-electron chi connectivity index (χ0n) is 10.8. The van der Waals surface area contributed by atoms with E-state index in [0.717, 1.165) is 12.1 Å². The number of hydrogen-bond acceptors (Lipinski definition) is 2. The van der Waals surface area contributed by atoms with Crippen LogP contribution in [0.1, 0.15) is 20.3 Å². The highest BCUT2D eigenvalue weighted by molar-refractivity contribution is 9.10. The van der Waals surface area contributed by atoms with Crippen molar-refractivity contribution < 1.29 is 23.5 Å². The molecule has 1 aromatic carbocycles. The number of urea groups is 1. The molecule has 0 fully saturated rings. The molecule has 5 nitrogen and oxygen atoms in total. The molecule has 0 aliphatic heterocycles. The number of benzene rings is 1. The topological polar surface area (TPSA) is 78.4 Å². The van der Waals surface area contributed by atoms with Crippen LogP contribution in [0.3, 0.4) is 0 Å². The third-order valence-corrected chi connectivity index (χ3v) is 2.75. The molecule has 2 amide bonds. The van der Waals surface area contributed by atoms with Crippen LogP contribution in [-0.4, -0.2) is 22.6 Å². The number of rotatable bonds is 4. The fourth-order valence-electron chi connectivity index (χ4n) is 1.54. The van der Waals surface area contributed by atoms with E-state index in [1.54, 1.807) is 0 Å². The molecule has 3 N–H and O–H groups in total. The van der Waals surface area contributed by atoms with E-state index in [1.165, 1.54) is 13.8 Å². The van der Waals surface area contributed by atoms with Gasteiger partial charge in [-0.3, -0.25) is 4.79 Å². The molecule has 0 saturated heterocycles. The fraction of sp³-hybridized carbons (Fsp3) is 0.333. The highest BCUT2D eigenvalue weighted by Gasteiger charge is 2.24. The molecular weight excluding hydrogens is 338 g/mol. The minimum absolute atomic E-state index is 0.199. The van der Waals surface area contributed by atoms with Gasteiger partial charge in [0, 0.05) is 10.0 Å². The summed E-state index contributed by atoms with van der Waals surface area (Å²) in [4.78, 5) is 22.2. The van der Waals surface area contributed by atoms with Gasteiger partial charge in [-0.2, -0.15) is 0 Å². The maximum atomic E-state index is 13.5. The summed E-state index contributed by atoms with van der Waals surface area (Å²) in [6.07, 6.45) is -0.328. The van der Waals surface area contributed by atoms with E-state index in [9.17, 15) is 18.4 Å². The van der Waals surface area contributed by atoms with E-state index >= 15 is 0 Å². The number of halogens is 3. The standard InChI is InChI=1S/C12H13BrF2N2O3/c1-12(2,5-9(18)19)17-11(20)16-10-7(14)3-6(13)4-8(10)15/h3-4H,5H2,1-2H3,(H,18,19)(H2,16,17,20). The van der Waals surface area contributed by atoms with E-state index in [0.29, 0.717) is 0 Å². The van der Waals surface area contributed by atoms with E-state index in [2.05, 4.69) is 21.2 Å². The maximum Gasteiger partial charge on any atom is 0.319 e. The van der Waals surface area contributed by atoms with Crippen LogP contribution in [0, 0.1) is 11.6 Å². The van der Waals surface area contributed by atoms with E-state index in [4.69, 9.17) is 5.11 Å². The highest BCUT2D eigenvalue weighted by Crippen LogP contribution is 2.23. The minimum atomic E-state index is -1.10. The first-order chi connectivity index (χ1) is 9.10. The zero-order chi connectivity index (χ0) is 15.5. The quantitative estimate of drug-likeness (QED) is 0.780. The number of carboxylic acid groups (broad SMARTS) is 1. The first-order valence-corrected chi connectivity index (χ1v) is 6.35. The van der Waals surface area contributed by atoms with Crippen LogP contribution in [-0.2, 0) is 4.79 Å². The lowest BCUT2D eigenvalue weighted by Crippen LogP contribution is -2.47. The molecule has 0 aromatic heterocycles. The molecule has 0 bridgehead atoms. The lowest BCUT2D eigenvalue weighted by atomic mass is 10.0. The molecule has 0 aliphatic carbocycles. The number of hydrogen-bond donors (Lipinski definition) is 3. The van der Waals surface area contributed by atoms with Crippen molar-refractivity contribution in [1.82, 2.24) is 5.32 Å². The summed E-state index contributed by atoms with van der Waals surface area (Å²) in [6, 6.07) is 1.11. The first kappa shape index (κ1) is 16.4. The van der Waals surface area contributed by atoms with E-state index < -0.39 is 34.9 Å². The van der Waals surface area contributed by atoms with E-state index in [1.807, 2.05) is 5.32 Å². The summed E-state index contributed by atoms with van der Waals surface area (Å²) in [5, 5.41) is 13.0. The fourth-order valence-corrected chi connectivity index (χ4v) is 1.94. The van der Waals surface area contributed by atoms with Crippen LogP contribution in [0.15, 0.2) is 16.6 Å². The Labute approximate surface area is 122 Å². The second-order valence-corrected chi connectivity index (χ2v) is 5.69. The maximum absolute atomic E-state index is 13.5. The summed E-state index contributed by atoms with van der Waals surface area (Å²) in [6.45, 7) is 2.96. The summed E-state index contributed by atoms with van der Waals surface area (Å²) in [5.41, 5.74) is -1.66. The van der Waals surface area contributed by atoms with Gasteiger partial charge in [-0.25, -0.2) is 13.6 Å². The van der Waals surface area contributed by atoms with Gasteiger partial charge in [0.05, 0.1) is 6.42 Å². The van der Waals surface area contributed by atoms with Crippen LogP contribution in [0.5, 0.6) is 0 Å². The van der Waals surface area contributed by atoms with Gasteiger partial charge in [0.15, 0.2) is 11.6 Å². The van der Waals surface area contributed by atoms with Crippen LogP contribution in [0.4, 0.5) is 19.3 Å². The van der Waals surface area contributed by atoms with Gasteiger partial charge in [0.1, 0.15) is 5.69 Å². The molecule has 110 valence electrons. The second-order valence-electron chi connectivity index (χ2n) is 4.78. The van der Waals surface area contributed by atoms with Crippen molar-refractivity contribution in [3.05, 3.63) is 28.2 Å². The summed E-state index contributed by atoms with van der Waals surface area (Å²) >= 11 is 2.92. The molecule has 0 spiro atoms.